The Morgan fingerprint density at radius 1 is 1.00 bits per heavy atom. The van der Waals surface area contributed by atoms with Crippen molar-refractivity contribution >= 4 is 49.7 Å². The summed E-state index contributed by atoms with van der Waals surface area (Å²) in [7, 11) is 2.14. The molecule has 0 bridgehead atoms. The number of benzene rings is 2. The van der Waals surface area contributed by atoms with Gasteiger partial charge in [-0.1, -0.05) is 24.3 Å². The molecule has 1 aliphatic heterocycles. The third kappa shape index (κ3) is 3.64. The number of amides is 1. The third-order valence-electron chi connectivity index (χ3n) is 5.68. The molecule has 5 rings (SSSR count). The zero-order chi connectivity index (χ0) is 20.7. The highest BCUT2D eigenvalue weighted by Gasteiger charge is 2.19. The fourth-order valence-corrected chi connectivity index (χ4v) is 4.85. The van der Waals surface area contributed by atoms with Crippen molar-refractivity contribution in [1.82, 2.24) is 9.88 Å². The molecular formula is C24H24N4OS. The second-order valence-corrected chi connectivity index (χ2v) is 8.98. The van der Waals surface area contributed by atoms with Crippen LogP contribution in [0, 0.1) is 6.92 Å². The minimum Gasteiger partial charge on any atom is -0.367 e. The summed E-state index contributed by atoms with van der Waals surface area (Å²) >= 11 is 1.44. The van der Waals surface area contributed by atoms with E-state index in [1.807, 2.05) is 24.3 Å². The Morgan fingerprint density at radius 3 is 2.63 bits per heavy atom. The summed E-state index contributed by atoms with van der Waals surface area (Å²) in [6.07, 6.45) is 0. The number of aryl methyl sites for hydroxylation is 1. The van der Waals surface area contributed by atoms with Gasteiger partial charge < -0.3 is 15.1 Å². The summed E-state index contributed by atoms with van der Waals surface area (Å²) < 4.78 is 0. The van der Waals surface area contributed by atoms with Crippen LogP contribution in [-0.4, -0.2) is 49.0 Å². The smallest absolute Gasteiger partial charge is 0.265 e. The van der Waals surface area contributed by atoms with Gasteiger partial charge in [0.05, 0.1) is 21.8 Å². The molecule has 0 unspecified atom stereocenters. The Morgan fingerprint density at radius 2 is 1.80 bits per heavy atom. The first kappa shape index (κ1) is 19.0. The summed E-state index contributed by atoms with van der Waals surface area (Å²) in [5.74, 6) is -0.0835. The van der Waals surface area contributed by atoms with Gasteiger partial charge in [-0.2, -0.15) is 0 Å². The van der Waals surface area contributed by atoms with E-state index in [1.165, 1.54) is 16.9 Å². The Hall–Kier alpha value is -2.96. The van der Waals surface area contributed by atoms with Crippen molar-refractivity contribution in [1.29, 1.82) is 0 Å². The first-order valence-electron chi connectivity index (χ1n) is 10.2. The van der Waals surface area contributed by atoms with E-state index in [0.717, 1.165) is 58.7 Å². The number of fused-ring (bicyclic) bond motifs is 2. The average molecular weight is 417 g/mol. The van der Waals surface area contributed by atoms with Gasteiger partial charge in [0, 0.05) is 37.0 Å². The number of pyridine rings is 1. The molecule has 1 amide bonds. The number of hydrogen-bond acceptors (Lipinski definition) is 5. The molecule has 0 radical (unpaired) electrons. The topological polar surface area (TPSA) is 48.5 Å². The van der Waals surface area contributed by atoms with Gasteiger partial charge >= 0.3 is 0 Å². The van der Waals surface area contributed by atoms with Crippen molar-refractivity contribution < 1.29 is 4.79 Å². The lowest BCUT2D eigenvalue weighted by molar-refractivity contribution is 0.103. The van der Waals surface area contributed by atoms with E-state index in [0.29, 0.717) is 4.88 Å². The monoisotopic (exact) mass is 416 g/mol. The van der Waals surface area contributed by atoms with Crippen molar-refractivity contribution in [3.63, 3.8) is 0 Å². The van der Waals surface area contributed by atoms with E-state index < -0.39 is 0 Å². The van der Waals surface area contributed by atoms with Crippen LogP contribution in [0.2, 0.25) is 0 Å². The van der Waals surface area contributed by atoms with Crippen LogP contribution < -0.4 is 10.2 Å². The number of aromatic nitrogens is 1. The highest BCUT2D eigenvalue weighted by molar-refractivity contribution is 7.20. The lowest BCUT2D eigenvalue weighted by Crippen LogP contribution is -2.44. The summed E-state index contributed by atoms with van der Waals surface area (Å²) in [4.78, 5) is 24.1. The van der Waals surface area contributed by atoms with Crippen LogP contribution in [0.15, 0.2) is 54.6 Å². The van der Waals surface area contributed by atoms with Crippen LogP contribution in [0.5, 0.6) is 0 Å². The van der Waals surface area contributed by atoms with Crippen molar-refractivity contribution in [2.75, 3.05) is 43.4 Å². The standard InChI is InChI=1S/C24H24N4OS/c1-16-7-8-17-14-18-15-22(30-24(18)26-20(17)13-16)23(29)25-19-5-3-4-6-21(19)28-11-9-27(2)10-12-28/h3-8,13-15H,9-12H2,1-2H3,(H,25,29). The maximum Gasteiger partial charge on any atom is 0.265 e. The van der Waals surface area contributed by atoms with Gasteiger partial charge in [-0.3, -0.25) is 4.79 Å². The number of para-hydroxylation sites is 2. The van der Waals surface area contributed by atoms with Crippen molar-refractivity contribution in [2.24, 2.45) is 0 Å². The van der Waals surface area contributed by atoms with Gasteiger partial charge in [0.1, 0.15) is 4.83 Å². The van der Waals surface area contributed by atoms with E-state index in [4.69, 9.17) is 4.98 Å². The molecule has 1 aliphatic rings. The summed E-state index contributed by atoms with van der Waals surface area (Å²) in [6.45, 7) is 6.04. The molecule has 5 nitrogen and oxygen atoms in total. The average Bonchev–Trinajstić information content (AvgIpc) is 3.16. The molecule has 2 aromatic carbocycles. The maximum atomic E-state index is 13.1. The lowest BCUT2D eigenvalue weighted by Gasteiger charge is -2.35. The van der Waals surface area contributed by atoms with Gasteiger partial charge in [0.25, 0.3) is 5.91 Å². The number of nitrogens with one attached hydrogen (secondary N) is 1. The minimum absolute atomic E-state index is 0.0835. The van der Waals surface area contributed by atoms with Crippen molar-refractivity contribution in [3.05, 3.63) is 65.0 Å². The molecule has 0 atom stereocenters. The Bertz CT molecular complexity index is 1240. The molecule has 30 heavy (non-hydrogen) atoms. The predicted molar refractivity (Wildman–Crippen MR) is 126 cm³/mol. The van der Waals surface area contributed by atoms with Crippen molar-refractivity contribution in [2.45, 2.75) is 6.92 Å². The predicted octanol–water partition coefficient (Wildman–Crippen LogP) is 4.76. The van der Waals surface area contributed by atoms with Gasteiger partial charge in [0.2, 0.25) is 0 Å². The highest BCUT2D eigenvalue weighted by Crippen LogP contribution is 2.31. The third-order valence-corrected chi connectivity index (χ3v) is 6.72. The number of rotatable bonds is 3. The van der Waals surface area contributed by atoms with Gasteiger partial charge in [0.15, 0.2) is 0 Å². The van der Waals surface area contributed by atoms with E-state index in [2.05, 4.69) is 59.4 Å². The molecule has 0 saturated carbocycles. The van der Waals surface area contributed by atoms with Gasteiger partial charge in [-0.15, -0.1) is 11.3 Å². The normalized spacial score (nSPS) is 15.1. The molecule has 152 valence electrons. The number of carbonyl (C=O) groups excluding carboxylic acids is 1. The number of thiophene rings is 1. The van der Waals surface area contributed by atoms with E-state index in [9.17, 15) is 4.79 Å². The van der Waals surface area contributed by atoms with Crippen LogP contribution >= 0.6 is 11.3 Å². The zero-order valence-corrected chi connectivity index (χ0v) is 18.0. The zero-order valence-electron chi connectivity index (χ0n) is 17.2. The number of nitrogens with zero attached hydrogens (tertiary/aromatic N) is 3. The molecule has 1 N–H and O–H groups in total. The molecular weight excluding hydrogens is 392 g/mol. The number of hydrogen-bond donors (Lipinski definition) is 1. The highest BCUT2D eigenvalue weighted by atomic mass is 32.1. The van der Waals surface area contributed by atoms with Crippen LogP contribution in [-0.2, 0) is 0 Å². The molecule has 2 aromatic heterocycles. The Labute approximate surface area is 179 Å². The quantitative estimate of drug-likeness (QED) is 0.523. The van der Waals surface area contributed by atoms with E-state index >= 15 is 0 Å². The minimum atomic E-state index is -0.0835. The summed E-state index contributed by atoms with van der Waals surface area (Å²) in [6, 6.07) is 18.4. The lowest BCUT2D eigenvalue weighted by atomic mass is 10.1. The number of likely N-dealkylation sites (N-methyl/N-ethyl adjacent to an activating group) is 1. The first-order valence-corrected chi connectivity index (χ1v) is 11.0. The molecule has 6 heteroatoms. The molecule has 3 heterocycles. The summed E-state index contributed by atoms with van der Waals surface area (Å²) in [5, 5.41) is 5.24. The van der Waals surface area contributed by atoms with Crippen LogP contribution in [0.25, 0.3) is 21.1 Å². The second-order valence-electron chi connectivity index (χ2n) is 7.95. The number of piperazine rings is 1. The maximum absolute atomic E-state index is 13.1. The molecule has 1 saturated heterocycles. The molecule has 0 spiro atoms. The Balaban J connectivity index is 1.43. The van der Waals surface area contributed by atoms with Crippen molar-refractivity contribution in [3.8, 4) is 0 Å². The van der Waals surface area contributed by atoms with E-state index in [1.54, 1.807) is 0 Å². The van der Waals surface area contributed by atoms with Crippen LogP contribution in [0.4, 0.5) is 11.4 Å². The van der Waals surface area contributed by atoms with Crippen LogP contribution in [0.3, 0.4) is 0 Å². The fourth-order valence-electron chi connectivity index (χ4n) is 3.93. The molecule has 0 aliphatic carbocycles. The Kier molecular flexibility index (Phi) is 4.89. The van der Waals surface area contributed by atoms with Gasteiger partial charge in [-0.25, -0.2) is 4.98 Å². The largest absolute Gasteiger partial charge is 0.367 e. The SMILES string of the molecule is Cc1ccc2cc3cc(C(=O)Nc4ccccc4N4CCN(C)CC4)sc3nc2c1. The molecule has 1 fully saturated rings. The van der Waals surface area contributed by atoms with E-state index in [-0.39, 0.29) is 5.91 Å². The van der Waals surface area contributed by atoms with Crippen LogP contribution in [0.1, 0.15) is 15.2 Å². The summed E-state index contributed by atoms with van der Waals surface area (Å²) in [5.41, 5.74) is 4.10. The number of anilines is 2. The number of carbonyl (C=O) groups is 1. The fraction of sp³-hybridized carbons (Fsp3) is 0.250. The first-order chi connectivity index (χ1) is 14.6. The van der Waals surface area contributed by atoms with Gasteiger partial charge in [-0.05, 0) is 49.9 Å². The molecule has 4 aromatic rings. The second kappa shape index (κ2) is 7.70.